The second kappa shape index (κ2) is 7.04. The fourth-order valence-electron chi connectivity index (χ4n) is 2.42. The minimum atomic E-state index is -0.409. The van der Waals surface area contributed by atoms with Gasteiger partial charge in [0.25, 0.3) is 11.5 Å². The van der Waals surface area contributed by atoms with Crippen LogP contribution < -0.4 is 15.6 Å². The molecular weight excluding hydrogens is 320 g/mol. The van der Waals surface area contributed by atoms with E-state index in [0.717, 1.165) is 5.69 Å². The third-order valence-electron chi connectivity index (χ3n) is 3.72. The van der Waals surface area contributed by atoms with E-state index in [9.17, 15) is 9.59 Å². The molecule has 1 N–H and O–H groups in total. The van der Waals surface area contributed by atoms with Crippen molar-refractivity contribution < 1.29 is 9.53 Å². The number of amides is 1. The molecule has 0 bridgehead atoms. The van der Waals surface area contributed by atoms with E-state index in [2.05, 4.69) is 10.4 Å². The molecule has 0 saturated heterocycles. The Morgan fingerprint density at radius 1 is 1.16 bits per heavy atom. The number of hydrogen-bond acceptors (Lipinski definition) is 4. The highest BCUT2D eigenvalue weighted by molar-refractivity contribution is 6.04. The first-order valence-corrected chi connectivity index (χ1v) is 7.83. The number of nitrogens with zero attached hydrogens (tertiary/aromatic N) is 3. The van der Waals surface area contributed by atoms with Crippen molar-refractivity contribution in [3.8, 4) is 11.4 Å². The Bertz CT molecular complexity index is 944. The van der Waals surface area contributed by atoms with Gasteiger partial charge in [-0.05, 0) is 25.1 Å². The standard InChI is InChI=1S/C18H18N4O3/c1-3-21-11-13(9-10-16(21)23)19-18(24)17-15(25-2)12-22(20-17)14-7-5-4-6-8-14/h4-12H,3H2,1-2H3,(H,19,24). The van der Waals surface area contributed by atoms with Gasteiger partial charge in [0, 0.05) is 18.8 Å². The summed E-state index contributed by atoms with van der Waals surface area (Å²) in [6.07, 6.45) is 3.25. The van der Waals surface area contributed by atoms with Crippen LogP contribution in [-0.2, 0) is 6.54 Å². The summed E-state index contributed by atoms with van der Waals surface area (Å²) in [5.41, 5.74) is 1.38. The molecule has 1 amide bonds. The molecular formula is C18H18N4O3. The lowest BCUT2D eigenvalue weighted by molar-refractivity contribution is 0.101. The topological polar surface area (TPSA) is 78.2 Å². The maximum Gasteiger partial charge on any atom is 0.280 e. The molecule has 128 valence electrons. The monoisotopic (exact) mass is 338 g/mol. The third-order valence-corrected chi connectivity index (χ3v) is 3.72. The molecule has 0 spiro atoms. The van der Waals surface area contributed by atoms with Crippen molar-refractivity contribution in [2.75, 3.05) is 12.4 Å². The van der Waals surface area contributed by atoms with Gasteiger partial charge in [-0.2, -0.15) is 5.10 Å². The van der Waals surface area contributed by atoms with Crippen molar-refractivity contribution in [2.45, 2.75) is 13.5 Å². The number of pyridine rings is 1. The molecule has 0 aliphatic carbocycles. The quantitative estimate of drug-likeness (QED) is 0.774. The molecule has 0 radical (unpaired) electrons. The van der Waals surface area contributed by atoms with Gasteiger partial charge in [0.2, 0.25) is 0 Å². The Balaban J connectivity index is 1.89. The van der Waals surface area contributed by atoms with Gasteiger partial charge in [-0.3, -0.25) is 9.59 Å². The summed E-state index contributed by atoms with van der Waals surface area (Å²) in [7, 11) is 1.49. The highest BCUT2D eigenvalue weighted by atomic mass is 16.5. The van der Waals surface area contributed by atoms with E-state index >= 15 is 0 Å². The SMILES string of the molecule is CCn1cc(NC(=O)c2nn(-c3ccccc3)cc2OC)ccc1=O. The number of methoxy groups -OCH3 is 1. The van der Waals surface area contributed by atoms with E-state index in [1.54, 1.807) is 23.1 Å². The fraction of sp³-hybridized carbons (Fsp3) is 0.167. The summed E-state index contributed by atoms with van der Waals surface area (Å²) in [4.78, 5) is 24.2. The highest BCUT2D eigenvalue weighted by Gasteiger charge is 2.18. The summed E-state index contributed by atoms with van der Waals surface area (Å²) >= 11 is 0. The molecule has 3 aromatic rings. The normalized spacial score (nSPS) is 10.5. The van der Waals surface area contributed by atoms with Crippen LogP contribution in [0.25, 0.3) is 5.69 Å². The molecule has 0 unspecified atom stereocenters. The fourth-order valence-corrected chi connectivity index (χ4v) is 2.42. The third kappa shape index (κ3) is 3.45. The number of hydrogen-bond donors (Lipinski definition) is 1. The molecule has 0 fully saturated rings. The Hall–Kier alpha value is -3.35. The van der Waals surface area contributed by atoms with Crippen molar-refractivity contribution in [3.05, 3.63) is 70.9 Å². The number of para-hydroxylation sites is 1. The van der Waals surface area contributed by atoms with Crippen LogP contribution in [-0.4, -0.2) is 27.4 Å². The van der Waals surface area contributed by atoms with Gasteiger partial charge in [-0.25, -0.2) is 4.68 Å². The van der Waals surface area contributed by atoms with Crippen LogP contribution in [0, 0.1) is 0 Å². The van der Waals surface area contributed by atoms with Crippen molar-refractivity contribution in [1.29, 1.82) is 0 Å². The van der Waals surface area contributed by atoms with E-state index < -0.39 is 5.91 Å². The zero-order valence-electron chi connectivity index (χ0n) is 14.0. The van der Waals surface area contributed by atoms with E-state index in [1.807, 2.05) is 37.3 Å². The second-order valence-corrected chi connectivity index (χ2v) is 5.32. The maximum absolute atomic E-state index is 12.6. The molecule has 1 aromatic carbocycles. The van der Waals surface area contributed by atoms with Crippen molar-refractivity contribution in [3.63, 3.8) is 0 Å². The van der Waals surface area contributed by atoms with E-state index in [-0.39, 0.29) is 11.3 Å². The smallest absolute Gasteiger partial charge is 0.280 e. The van der Waals surface area contributed by atoms with Crippen LogP contribution in [0.2, 0.25) is 0 Å². The van der Waals surface area contributed by atoms with Crippen molar-refractivity contribution in [2.24, 2.45) is 0 Å². The number of carbonyl (C=O) groups excluding carboxylic acids is 1. The lowest BCUT2D eigenvalue weighted by Gasteiger charge is -2.07. The summed E-state index contributed by atoms with van der Waals surface area (Å²) < 4.78 is 8.36. The van der Waals surface area contributed by atoms with E-state index in [0.29, 0.717) is 18.0 Å². The predicted molar refractivity (Wildman–Crippen MR) is 94.4 cm³/mol. The minimum Gasteiger partial charge on any atom is -0.493 e. The van der Waals surface area contributed by atoms with Gasteiger partial charge in [-0.15, -0.1) is 0 Å². The lowest BCUT2D eigenvalue weighted by Crippen LogP contribution is -2.20. The highest BCUT2D eigenvalue weighted by Crippen LogP contribution is 2.20. The molecule has 2 heterocycles. The molecule has 25 heavy (non-hydrogen) atoms. The van der Waals surface area contributed by atoms with Gasteiger partial charge < -0.3 is 14.6 Å². The average Bonchev–Trinajstić information content (AvgIpc) is 3.08. The summed E-state index contributed by atoms with van der Waals surface area (Å²) in [6, 6.07) is 12.4. The van der Waals surface area contributed by atoms with Gasteiger partial charge in [-0.1, -0.05) is 18.2 Å². The molecule has 7 nitrogen and oxygen atoms in total. The van der Waals surface area contributed by atoms with Crippen LogP contribution in [0.15, 0.2) is 59.7 Å². The molecule has 0 aliphatic heterocycles. The van der Waals surface area contributed by atoms with Crippen molar-refractivity contribution in [1.82, 2.24) is 14.3 Å². The number of ether oxygens (including phenoxy) is 1. The first-order valence-electron chi connectivity index (χ1n) is 7.83. The van der Waals surface area contributed by atoms with Crippen molar-refractivity contribution >= 4 is 11.6 Å². The Morgan fingerprint density at radius 2 is 1.92 bits per heavy atom. The zero-order chi connectivity index (χ0) is 17.8. The second-order valence-electron chi connectivity index (χ2n) is 5.32. The van der Waals surface area contributed by atoms with Gasteiger partial charge >= 0.3 is 0 Å². The van der Waals surface area contributed by atoms with Crippen LogP contribution in [0.1, 0.15) is 17.4 Å². The number of benzene rings is 1. The Kier molecular flexibility index (Phi) is 4.65. The van der Waals surface area contributed by atoms with E-state index in [4.69, 9.17) is 4.74 Å². The number of anilines is 1. The van der Waals surface area contributed by atoms with E-state index in [1.165, 1.54) is 17.7 Å². The van der Waals surface area contributed by atoms with Gasteiger partial charge in [0.05, 0.1) is 24.7 Å². The maximum atomic E-state index is 12.6. The molecule has 0 aliphatic rings. The number of aromatic nitrogens is 3. The molecule has 0 atom stereocenters. The van der Waals surface area contributed by atoms with Crippen LogP contribution in [0.4, 0.5) is 5.69 Å². The van der Waals surface area contributed by atoms with Gasteiger partial charge in [0.1, 0.15) is 0 Å². The number of carbonyl (C=O) groups is 1. The molecule has 7 heteroatoms. The number of aryl methyl sites for hydroxylation is 1. The Labute approximate surface area is 144 Å². The van der Waals surface area contributed by atoms with Crippen LogP contribution >= 0.6 is 0 Å². The molecule has 0 saturated carbocycles. The van der Waals surface area contributed by atoms with Crippen LogP contribution in [0.3, 0.4) is 0 Å². The number of rotatable bonds is 5. The predicted octanol–water partition coefficient (Wildman–Crippen LogP) is 2.31. The van der Waals surface area contributed by atoms with Gasteiger partial charge in [0.15, 0.2) is 11.4 Å². The summed E-state index contributed by atoms with van der Waals surface area (Å²) in [6.45, 7) is 2.38. The minimum absolute atomic E-state index is 0.119. The number of nitrogens with one attached hydrogen (secondary N) is 1. The lowest BCUT2D eigenvalue weighted by atomic mass is 10.3. The summed E-state index contributed by atoms with van der Waals surface area (Å²) in [5, 5.41) is 7.06. The zero-order valence-corrected chi connectivity index (χ0v) is 14.0. The average molecular weight is 338 g/mol. The molecule has 3 rings (SSSR count). The molecule has 2 aromatic heterocycles. The summed E-state index contributed by atoms with van der Waals surface area (Å²) in [5.74, 6) is -0.0435. The largest absolute Gasteiger partial charge is 0.493 e. The first kappa shape index (κ1) is 16.5. The first-order chi connectivity index (χ1) is 12.1. The van der Waals surface area contributed by atoms with Crippen LogP contribution in [0.5, 0.6) is 5.75 Å². The Morgan fingerprint density at radius 3 is 2.60 bits per heavy atom.